The molecule has 2 aromatic rings. The van der Waals surface area contributed by atoms with Crippen LogP contribution in [0.5, 0.6) is 0 Å². The van der Waals surface area contributed by atoms with Gasteiger partial charge < -0.3 is 9.80 Å². The van der Waals surface area contributed by atoms with E-state index in [2.05, 4.69) is 55.1 Å². The number of hydrogen-bond acceptors (Lipinski definition) is 4. The van der Waals surface area contributed by atoms with Crippen molar-refractivity contribution in [2.75, 3.05) is 40.3 Å². The maximum Gasteiger partial charge on any atom is 0.0970 e. The zero-order chi connectivity index (χ0) is 16.9. The predicted molar refractivity (Wildman–Crippen MR) is 105 cm³/mol. The summed E-state index contributed by atoms with van der Waals surface area (Å²) in [7, 11) is 4.41. The van der Waals surface area contributed by atoms with Crippen LogP contribution in [-0.2, 0) is 0 Å². The van der Waals surface area contributed by atoms with Crippen molar-refractivity contribution in [3.8, 4) is 0 Å². The quantitative estimate of drug-likeness (QED) is 0.761. The van der Waals surface area contributed by atoms with E-state index in [1.54, 1.807) is 0 Å². The van der Waals surface area contributed by atoms with E-state index in [0.29, 0.717) is 5.92 Å². The Labute approximate surface area is 150 Å². The highest BCUT2D eigenvalue weighted by Gasteiger charge is 2.21. The molecule has 0 amide bonds. The average Bonchev–Trinajstić information content (AvgIpc) is 3.00. The first-order valence-corrected chi connectivity index (χ1v) is 10.2. The van der Waals surface area contributed by atoms with Crippen molar-refractivity contribution in [1.82, 2.24) is 14.8 Å². The second-order valence-electron chi connectivity index (χ2n) is 7.61. The number of benzene rings is 1. The Bertz CT molecular complexity index is 590. The number of piperidine rings is 2. The van der Waals surface area contributed by atoms with Gasteiger partial charge in [-0.15, -0.1) is 11.3 Å². The Morgan fingerprint density at radius 3 is 2.38 bits per heavy atom. The molecule has 1 aromatic heterocycles. The van der Waals surface area contributed by atoms with Gasteiger partial charge in [-0.05, 0) is 77.5 Å². The lowest BCUT2D eigenvalue weighted by Crippen LogP contribution is -2.30. The highest BCUT2D eigenvalue weighted by Crippen LogP contribution is 2.33. The first-order valence-electron chi connectivity index (χ1n) is 9.34. The van der Waals surface area contributed by atoms with Crippen LogP contribution in [-0.4, -0.2) is 55.1 Å². The monoisotopic (exact) mass is 345 g/mol. The number of fused-ring (bicyclic) bond motifs is 1. The minimum atomic E-state index is 0.689. The number of rotatable bonds is 1. The molecule has 0 aliphatic carbocycles. The highest BCUT2D eigenvalue weighted by atomic mass is 32.1. The van der Waals surface area contributed by atoms with Crippen LogP contribution in [0.4, 0.5) is 0 Å². The van der Waals surface area contributed by atoms with E-state index in [1.165, 1.54) is 67.1 Å². The van der Waals surface area contributed by atoms with Gasteiger partial charge in [-0.25, -0.2) is 4.98 Å². The molecule has 4 heteroatoms. The molecule has 132 valence electrons. The van der Waals surface area contributed by atoms with E-state index in [-0.39, 0.29) is 0 Å². The lowest BCUT2D eigenvalue weighted by molar-refractivity contribution is 0.221. The number of thiazole rings is 1. The van der Waals surface area contributed by atoms with E-state index in [9.17, 15) is 0 Å². The molecule has 1 atom stereocenters. The Morgan fingerprint density at radius 2 is 1.75 bits per heavy atom. The van der Waals surface area contributed by atoms with E-state index in [1.807, 2.05) is 11.3 Å². The van der Waals surface area contributed by atoms with E-state index >= 15 is 0 Å². The SMILES string of the molecule is CC1CCCN(C)C1.CN1CCC(c2nc3ccccc3s2)CC1. The number of para-hydroxylation sites is 1. The number of hydrogen-bond donors (Lipinski definition) is 0. The fourth-order valence-electron chi connectivity index (χ4n) is 3.74. The molecule has 0 spiro atoms. The van der Waals surface area contributed by atoms with Crippen LogP contribution in [0.25, 0.3) is 10.2 Å². The first kappa shape index (κ1) is 17.8. The fraction of sp³-hybridized carbons (Fsp3) is 0.650. The minimum absolute atomic E-state index is 0.689. The Balaban J connectivity index is 0.000000179. The lowest BCUT2D eigenvalue weighted by atomic mass is 9.98. The molecule has 4 rings (SSSR count). The van der Waals surface area contributed by atoms with Crippen LogP contribution < -0.4 is 0 Å². The molecule has 3 heterocycles. The second-order valence-corrected chi connectivity index (χ2v) is 8.67. The smallest absolute Gasteiger partial charge is 0.0970 e. The third-order valence-electron chi connectivity index (χ3n) is 5.24. The van der Waals surface area contributed by atoms with Crippen LogP contribution in [0.15, 0.2) is 24.3 Å². The van der Waals surface area contributed by atoms with Gasteiger partial charge >= 0.3 is 0 Å². The summed E-state index contributed by atoms with van der Waals surface area (Å²) in [6, 6.07) is 8.45. The van der Waals surface area contributed by atoms with Crippen molar-refractivity contribution >= 4 is 21.6 Å². The fourth-order valence-corrected chi connectivity index (χ4v) is 4.88. The van der Waals surface area contributed by atoms with Gasteiger partial charge in [0.1, 0.15) is 0 Å². The third-order valence-corrected chi connectivity index (χ3v) is 6.44. The summed E-state index contributed by atoms with van der Waals surface area (Å²) < 4.78 is 1.33. The van der Waals surface area contributed by atoms with E-state index in [0.717, 1.165) is 5.92 Å². The number of nitrogens with zero attached hydrogens (tertiary/aromatic N) is 3. The summed E-state index contributed by atoms with van der Waals surface area (Å²) >= 11 is 1.88. The van der Waals surface area contributed by atoms with Crippen molar-refractivity contribution in [2.45, 2.75) is 38.5 Å². The third kappa shape index (κ3) is 4.78. The molecular weight excluding hydrogens is 314 g/mol. The average molecular weight is 346 g/mol. The molecule has 24 heavy (non-hydrogen) atoms. The first-order chi connectivity index (χ1) is 11.6. The van der Waals surface area contributed by atoms with Gasteiger partial charge in [0, 0.05) is 12.5 Å². The maximum atomic E-state index is 4.76. The van der Waals surface area contributed by atoms with Gasteiger partial charge in [-0.3, -0.25) is 0 Å². The van der Waals surface area contributed by atoms with Crippen molar-refractivity contribution in [3.05, 3.63) is 29.3 Å². The largest absolute Gasteiger partial charge is 0.306 e. The molecule has 0 bridgehead atoms. The molecule has 2 saturated heterocycles. The molecule has 1 aromatic carbocycles. The van der Waals surface area contributed by atoms with Gasteiger partial charge in [0.15, 0.2) is 0 Å². The van der Waals surface area contributed by atoms with Crippen molar-refractivity contribution in [1.29, 1.82) is 0 Å². The Kier molecular flexibility index (Phi) is 6.25. The molecular formula is C20H31N3S. The summed E-state index contributed by atoms with van der Waals surface area (Å²) in [6.07, 6.45) is 5.36. The van der Waals surface area contributed by atoms with Crippen LogP contribution in [0.3, 0.4) is 0 Å². The molecule has 0 N–H and O–H groups in total. The number of likely N-dealkylation sites (tertiary alicyclic amines) is 2. The maximum absolute atomic E-state index is 4.76. The van der Waals surface area contributed by atoms with Crippen LogP contribution in [0.2, 0.25) is 0 Å². The van der Waals surface area contributed by atoms with Gasteiger partial charge in [0.25, 0.3) is 0 Å². The second kappa shape index (κ2) is 8.41. The van der Waals surface area contributed by atoms with Crippen LogP contribution in [0.1, 0.15) is 43.5 Å². The van der Waals surface area contributed by atoms with Gasteiger partial charge in [-0.2, -0.15) is 0 Å². The highest BCUT2D eigenvalue weighted by molar-refractivity contribution is 7.18. The van der Waals surface area contributed by atoms with Gasteiger partial charge in [-0.1, -0.05) is 19.1 Å². The topological polar surface area (TPSA) is 19.4 Å². The van der Waals surface area contributed by atoms with E-state index in [4.69, 9.17) is 4.98 Å². The predicted octanol–water partition coefficient (Wildman–Crippen LogP) is 4.45. The number of aromatic nitrogens is 1. The van der Waals surface area contributed by atoms with E-state index < -0.39 is 0 Å². The summed E-state index contributed by atoms with van der Waals surface area (Å²) in [5.74, 6) is 1.63. The molecule has 3 nitrogen and oxygen atoms in total. The van der Waals surface area contributed by atoms with Crippen molar-refractivity contribution < 1.29 is 0 Å². The summed E-state index contributed by atoms with van der Waals surface area (Å²) in [4.78, 5) is 9.58. The van der Waals surface area contributed by atoms with Crippen LogP contribution in [0, 0.1) is 5.92 Å². The Hall–Kier alpha value is -0.970. The molecule has 2 aliphatic heterocycles. The zero-order valence-electron chi connectivity index (χ0n) is 15.4. The minimum Gasteiger partial charge on any atom is -0.306 e. The molecule has 2 aliphatic rings. The molecule has 1 unspecified atom stereocenters. The lowest BCUT2D eigenvalue weighted by Gasteiger charge is -2.27. The molecule has 2 fully saturated rings. The molecule has 0 saturated carbocycles. The van der Waals surface area contributed by atoms with Gasteiger partial charge in [0.05, 0.1) is 15.2 Å². The molecule has 0 radical (unpaired) electrons. The van der Waals surface area contributed by atoms with Crippen molar-refractivity contribution in [3.63, 3.8) is 0 Å². The standard InChI is InChI=1S/C13H16N2S.C7H15N/c1-15-8-6-10(7-9-15)13-14-11-4-2-3-5-12(11)16-13;1-7-4-3-5-8(2)6-7/h2-5,10H,6-9H2,1H3;7H,3-6H2,1-2H3. The summed E-state index contributed by atoms with van der Waals surface area (Å²) in [5.41, 5.74) is 1.17. The van der Waals surface area contributed by atoms with Crippen LogP contribution >= 0.6 is 11.3 Å². The summed E-state index contributed by atoms with van der Waals surface area (Å²) in [5, 5.41) is 1.34. The zero-order valence-corrected chi connectivity index (χ0v) is 16.2. The summed E-state index contributed by atoms with van der Waals surface area (Å²) in [6.45, 7) is 7.36. The van der Waals surface area contributed by atoms with Gasteiger partial charge in [0.2, 0.25) is 0 Å². The van der Waals surface area contributed by atoms with Crippen molar-refractivity contribution in [2.24, 2.45) is 5.92 Å². The normalized spacial score (nSPS) is 23.9. The Morgan fingerprint density at radius 1 is 1.00 bits per heavy atom.